The van der Waals surface area contributed by atoms with Gasteiger partial charge in [-0.15, -0.1) is 0 Å². The van der Waals surface area contributed by atoms with Crippen molar-refractivity contribution in [2.24, 2.45) is 5.73 Å². The van der Waals surface area contributed by atoms with E-state index in [2.05, 4.69) is 36.5 Å². The number of carbonyl (C=O) groups is 2. The molecule has 42 heavy (non-hydrogen) atoms. The second-order valence-electron chi connectivity index (χ2n) is 11.1. The van der Waals surface area contributed by atoms with Crippen LogP contribution in [0.1, 0.15) is 108 Å². The first kappa shape index (κ1) is 33.4. The minimum Gasteiger partial charge on any atom is -0.497 e. The largest absolute Gasteiger partial charge is 0.497 e. The fourth-order valence-electron chi connectivity index (χ4n) is 5.42. The van der Waals surface area contributed by atoms with Crippen molar-refractivity contribution in [3.63, 3.8) is 0 Å². The van der Waals surface area contributed by atoms with Crippen molar-refractivity contribution in [2.75, 3.05) is 20.2 Å². The van der Waals surface area contributed by atoms with Crippen molar-refractivity contribution < 1.29 is 23.8 Å². The Labute approximate surface area is 251 Å². The van der Waals surface area contributed by atoms with Crippen LogP contribution in [0.15, 0.2) is 48.7 Å². The lowest BCUT2D eigenvalue weighted by Gasteiger charge is -2.22. The van der Waals surface area contributed by atoms with Gasteiger partial charge < -0.3 is 19.5 Å². The molecule has 1 saturated heterocycles. The number of esters is 1. The van der Waals surface area contributed by atoms with Crippen LogP contribution in [0, 0.1) is 0 Å². The molecule has 232 valence electrons. The number of carbonyl (C=O) groups excluding carboxylic acids is 2. The summed E-state index contributed by atoms with van der Waals surface area (Å²) < 4.78 is 17.3. The predicted octanol–water partition coefficient (Wildman–Crippen LogP) is 7.70. The van der Waals surface area contributed by atoms with Crippen molar-refractivity contribution in [3.05, 3.63) is 54.3 Å². The molecule has 8 heteroatoms. The number of nitrogens with one attached hydrogen (secondary N) is 1. The van der Waals surface area contributed by atoms with Gasteiger partial charge >= 0.3 is 18.5 Å². The normalized spacial score (nSPS) is 15.0. The van der Waals surface area contributed by atoms with Crippen LogP contribution in [0.25, 0.3) is 10.9 Å². The molecule has 0 bridgehead atoms. The van der Waals surface area contributed by atoms with E-state index in [1.54, 1.807) is 7.11 Å². The maximum atomic E-state index is 13.0. The summed E-state index contributed by atoms with van der Waals surface area (Å²) in [5.74, 6) is 0.589. The molecule has 3 N–H and O–H groups in total. The van der Waals surface area contributed by atoms with Crippen molar-refractivity contribution >= 4 is 23.0 Å². The lowest BCUT2D eigenvalue weighted by molar-refractivity contribution is -0.166. The molecule has 1 unspecified atom stereocenters. The molecule has 2 aromatic rings. The number of nitrogens with zero attached hydrogens (tertiary/aromatic N) is 1. The summed E-state index contributed by atoms with van der Waals surface area (Å²) in [6.45, 7) is 4.09. The second kappa shape index (κ2) is 19.2. The van der Waals surface area contributed by atoms with E-state index in [9.17, 15) is 9.59 Å². The Morgan fingerprint density at radius 3 is 2.38 bits per heavy atom. The van der Waals surface area contributed by atoms with E-state index in [1.165, 1.54) is 30.3 Å². The van der Waals surface area contributed by atoms with Crippen LogP contribution in [0.3, 0.4) is 0 Å². The zero-order valence-corrected chi connectivity index (χ0v) is 25.7. The quantitative estimate of drug-likeness (QED) is 0.0804. The third-order valence-corrected chi connectivity index (χ3v) is 7.81. The predicted molar refractivity (Wildman–Crippen MR) is 169 cm³/mol. The number of ether oxygens (including phenoxy) is 3. The summed E-state index contributed by atoms with van der Waals surface area (Å²) in [4.78, 5) is 25.3. The van der Waals surface area contributed by atoms with Gasteiger partial charge in [-0.1, -0.05) is 63.3 Å². The number of hydrogen-bond acceptors (Lipinski definition) is 7. The zero-order valence-electron chi connectivity index (χ0n) is 25.7. The smallest absolute Gasteiger partial charge is 0.422 e. The van der Waals surface area contributed by atoms with E-state index in [4.69, 9.17) is 19.9 Å². The zero-order chi connectivity index (χ0) is 30.0. The fourth-order valence-corrected chi connectivity index (χ4v) is 5.42. The van der Waals surface area contributed by atoms with E-state index < -0.39 is 18.5 Å². The second-order valence-corrected chi connectivity index (χ2v) is 11.1. The topological polar surface area (TPSA) is 105 Å². The highest BCUT2D eigenvalue weighted by Crippen LogP contribution is 2.35. The van der Waals surface area contributed by atoms with Gasteiger partial charge in [-0.05, 0) is 94.1 Å². The molecule has 0 spiro atoms. The van der Waals surface area contributed by atoms with Gasteiger partial charge in [0.15, 0.2) is 0 Å². The third kappa shape index (κ3) is 11.3. The SMILES string of the molecule is CCCCC/C=C\C/C=C\CCCCCCCC(=O)OC(N)OC(=O)n1cc(C2CCNCC2)c2cc(OC)ccc21. The first-order valence-corrected chi connectivity index (χ1v) is 15.9. The standard InChI is InChI=1S/C34H51N3O5/c1-3-4-5-6-7-8-9-10-11-12-13-14-15-16-17-18-32(38)41-33(35)42-34(39)37-26-30(27-21-23-36-24-22-27)29-25-28(40-2)19-20-31(29)37/h7-8,10-11,19-20,25-27,33,36H,3-6,9,12-18,21-24,35H2,1-2H3/b8-7-,11-10-. The lowest BCUT2D eigenvalue weighted by atomic mass is 9.90. The summed E-state index contributed by atoms with van der Waals surface area (Å²) in [6, 6.07) is 5.59. The van der Waals surface area contributed by atoms with E-state index in [0.29, 0.717) is 11.4 Å². The van der Waals surface area contributed by atoms with Crippen LogP contribution >= 0.6 is 0 Å². The number of benzene rings is 1. The Bertz CT molecular complexity index is 1150. The van der Waals surface area contributed by atoms with Crippen LogP contribution < -0.4 is 15.8 Å². The molecule has 1 aliphatic heterocycles. The average Bonchev–Trinajstić information content (AvgIpc) is 3.38. The molecule has 0 radical (unpaired) electrons. The van der Waals surface area contributed by atoms with Gasteiger partial charge in [0.05, 0.1) is 12.6 Å². The van der Waals surface area contributed by atoms with Crippen molar-refractivity contribution in [1.29, 1.82) is 0 Å². The van der Waals surface area contributed by atoms with Gasteiger partial charge in [0.1, 0.15) is 5.75 Å². The van der Waals surface area contributed by atoms with Gasteiger partial charge in [0.2, 0.25) is 0 Å². The summed E-state index contributed by atoms with van der Waals surface area (Å²) in [5, 5.41) is 4.33. The van der Waals surface area contributed by atoms with Crippen LogP contribution in [-0.2, 0) is 14.3 Å². The van der Waals surface area contributed by atoms with Crippen LogP contribution in [0.5, 0.6) is 5.75 Å². The van der Waals surface area contributed by atoms with Gasteiger partial charge in [-0.3, -0.25) is 15.1 Å². The Balaban J connectivity index is 1.34. The maximum absolute atomic E-state index is 13.0. The molecule has 1 aliphatic rings. The monoisotopic (exact) mass is 581 g/mol. The number of hydrogen-bond donors (Lipinski definition) is 2. The molecule has 1 atom stereocenters. The van der Waals surface area contributed by atoms with Gasteiger partial charge in [0.25, 0.3) is 0 Å². The van der Waals surface area contributed by atoms with Crippen LogP contribution in [0.4, 0.5) is 4.79 Å². The third-order valence-electron chi connectivity index (χ3n) is 7.81. The number of fused-ring (bicyclic) bond motifs is 1. The molecule has 3 rings (SSSR count). The highest BCUT2D eigenvalue weighted by molar-refractivity contribution is 5.93. The average molecular weight is 582 g/mol. The fraction of sp³-hybridized carbons (Fsp3) is 0.588. The summed E-state index contributed by atoms with van der Waals surface area (Å²) >= 11 is 0. The minimum absolute atomic E-state index is 0.252. The summed E-state index contributed by atoms with van der Waals surface area (Å²) in [7, 11) is 1.62. The Morgan fingerprint density at radius 1 is 0.976 bits per heavy atom. The van der Waals surface area contributed by atoms with E-state index in [1.807, 2.05) is 24.4 Å². The van der Waals surface area contributed by atoms with E-state index in [-0.39, 0.29) is 6.42 Å². The Kier molecular flexibility index (Phi) is 15.2. The Hall–Kier alpha value is -3.10. The van der Waals surface area contributed by atoms with E-state index in [0.717, 1.165) is 87.6 Å². The summed E-state index contributed by atoms with van der Waals surface area (Å²) in [5.41, 5.74) is 7.65. The molecule has 2 heterocycles. The maximum Gasteiger partial charge on any atom is 0.422 e. The highest BCUT2D eigenvalue weighted by atomic mass is 16.7. The van der Waals surface area contributed by atoms with Crippen molar-refractivity contribution in [2.45, 2.75) is 109 Å². The molecule has 0 aliphatic carbocycles. The van der Waals surface area contributed by atoms with Gasteiger partial charge in [-0.2, -0.15) is 0 Å². The minimum atomic E-state index is -1.46. The number of rotatable bonds is 18. The Morgan fingerprint density at radius 2 is 1.67 bits per heavy atom. The molecular weight excluding hydrogens is 530 g/mol. The van der Waals surface area contributed by atoms with Gasteiger partial charge in [0, 0.05) is 18.0 Å². The van der Waals surface area contributed by atoms with Gasteiger partial charge in [-0.25, -0.2) is 4.79 Å². The molecule has 1 aromatic heterocycles. The first-order chi connectivity index (χ1) is 20.5. The lowest BCUT2D eigenvalue weighted by Crippen LogP contribution is -2.34. The summed E-state index contributed by atoms with van der Waals surface area (Å²) in [6.07, 6.45) is 23.2. The van der Waals surface area contributed by atoms with E-state index >= 15 is 0 Å². The first-order valence-electron chi connectivity index (χ1n) is 15.9. The molecule has 0 amide bonds. The number of unbranched alkanes of at least 4 members (excludes halogenated alkanes) is 8. The number of methoxy groups -OCH3 is 1. The number of nitrogens with two attached hydrogens (primary N) is 1. The number of allylic oxidation sites excluding steroid dienone is 4. The molecule has 0 saturated carbocycles. The van der Waals surface area contributed by atoms with Crippen LogP contribution in [0.2, 0.25) is 0 Å². The highest BCUT2D eigenvalue weighted by Gasteiger charge is 2.24. The van der Waals surface area contributed by atoms with Crippen LogP contribution in [-0.4, -0.2) is 43.2 Å². The molecule has 8 nitrogen and oxygen atoms in total. The van der Waals surface area contributed by atoms with Crippen molar-refractivity contribution in [1.82, 2.24) is 9.88 Å². The van der Waals surface area contributed by atoms with Crippen molar-refractivity contribution in [3.8, 4) is 5.75 Å². The molecule has 1 aromatic carbocycles. The number of aromatic nitrogens is 1. The molecular formula is C34H51N3O5. The number of piperidine rings is 1. The molecule has 1 fully saturated rings.